The topological polar surface area (TPSA) is 80.5 Å². The summed E-state index contributed by atoms with van der Waals surface area (Å²) in [7, 11) is 0. The van der Waals surface area contributed by atoms with Gasteiger partial charge in [-0.3, -0.25) is 0 Å². The van der Waals surface area contributed by atoms with Gasteiger partial charge in [0, 0.05) is 13.1 Å². The number of anilines is 1. The van der Waals surface area contributed by atoms with Crippen molar-refractivity contribution in [1.82, 2.24) is 15.0 Å². The van der Waals surface area contributed by atoms with E-state index in [1.54, 1.807) is 0 Å². The molecule has 0 atom stereocenters. The van der Waals surface area contributed by atoms with Crippen LogP contribution in [0, 0.1) is 5.92 Å². The maximum absolute atomic E-state index is 11.6. The summed E-state index contributed by atoms with van der Waals surface area (Å²) in [6.45, 7) is 6.22. The van der Waals surface area contributed by atoms with Crippen LogP contribution in [0.3, 0.4) is 0 Å². The van der Waals surface area contributed by atoms with E-state index < -0.39 is 5.97 Å². The number of hydrogen-bond acceptors (Lipinski definition) is 5. The number of nitrogens with zero attached hydrogens (tertiary/aromatic N) is 4. The number of piperidine rings is 1. The summed E-state index contributed by atoms with van der Waals surface area (Å²) in [6.07, 6.45) is 2.06. The Labute approximate surface area is 140 Å². The van der Waals surface area contributed by atoms with Crippen molar-refractivity contribution in [2.45, 2.75) is 26.7 Å². The molecule has 0 bridgehead atoms. The van der Waals surface area contributed by atoms with Crippen LogP contribution in [0.1, 0.15) is 37.2 Å². The summed E-state index contributed by atoms with van der Waals surface area (Å²) >= 11 is 0. The van der Waals surface area contributed by atoms with Crippen LogP contribution in [-0.2, 0) is 0 Å². The number of para-hydroxylation sites is 2. The lowest BCUT2D eigenvalue weighted by Gasteiger charge is -2.30. The lowest BCUT2D eigenvalue weighted by molar-refractivity contribution is 0.0690. The van der Waals surface area contributed by atoms with E-state index in [1.807, 2.05) is 36.1 Å². The lowest BCUT2D eigenvalue weighted by Crippen LogP contribution is -2.34. The average Bonchev–Trinajstić information content (AvgIpc) is 3.02. The number of aromatic carboxylic acids is 1. The second-order valence-electron chi connectivity index (χ2n) is 6.04. The van der Waals surface area contributed by atoms with Crippen molar-refractivity contribution in [2.24, 2.45) is 5.92 Å². The molecule has 7 nitrogen and oxygen atoms in total. The van der Waals surface area contributed by atoms with Gasteiger partial charge in [-0.2, -0.15) is 0 Å². The molecule has 0 radical (unpaired) electrons. The Morgan fingerprint density at radius 2 is 2.00 bits per heavy atom. The van der Waals surface area contributed by atoms with Gasteiger partial charge >= 0.3 is 5.97 Å². The molecule has 128 valence electrons. The highest BCUT2D eigenvalue weighted by Crippen LogP contribution is 2.27. The maximum Gasteiger partial charge on any atom is 0.360 e. The molecule has 1 aromatic heterocycles. The van der Waals surface area contributed by atoms with Crippen LogP contribution in [0.5, 0.6) is 5.75 Å². The smallest absolute Gasteiger partial charge is 0.360 e. The minimum Gasteiger partial charge on any atom is -0.492 e. The standard InChI is InChI=1S/C17H22N4O3/c1-3-24-14-7-5-4-6-13(14)21-18-15(17(22)23)16(19-21)20-10-8-12(2)9-11-20/h4-7,12H,3,8-11H2,1-2H3,(H,22,23). The summed E-state index contributed by atoms with van der Waals surface area (Å²) in [6, 6.07) is 7.36. The van der Waals surface area contributed by atoms with Crippen LogP contribution in [0.25, 0.3) is 5.69 Å². The number of carbonyl (C=O) groups is 1. The Balaban J connectivity index is 1.99. The minimum atomic E-state index is -1.07. The Hall–Kier alpha value is -2.57. The molecule has 24 heavy (non-hydrogen) atoms. The summed E-state index contributed by atoms with van der Waals surface area (Å²) in [5.74, 6) is 0.651. The van der Waals surface area contributed by atoms with Crippen LogP contribution in [0.15, 0.2) is 24.3 Å². The zero-order chi connectivity index (χ0) is 17.1. The minimum absolute atomic E-state index is 0.0177. The van der Waals surface area contributed by atoms with Gasteiger partial charge in [0.1, 0.15) is 11.4 Å². The van der Waals surface area contributed by atoms with Crippen LogP contribution in [0.4, 0.5) is 5.82 Å². The number of rotatable bonds is 5. The number of hydrogen-bond donors (Lipinski definition) is 1. The fourth-order valence-electron chi connectivity index (χ4n) is 2.88. The fourth-order valence-corrected chi connectivity index (χ4v) is 2.88. The molecule has 1 saturated heterocycles. The summed E-state index contributed by atoms with van der Waals surface area (Å²) < 4.78 is 5.60. The zero-order valence-corrected chi connectivity index (χ0v) is 14.0. The predicted molar refractivity (Wildman–Crippen MR) is 90.1 cm³/mol. The van der Waals surface area contributed by atoms with Gasteiger partial charge in [0.05, 0.1) is 6.61 Å². The van der Waals surface area contributed by atoms with Crippen molar-refractivity contribution in [3.8, 4) is 11.4 Å². The molecule has 1 aliphatic heterocycles. The van der Waals surface area contributed by atoms with Gasteiger partial charge in [0.15, 0.2) is 5.82 Å². The van der Waals surface area contributed by atoms with Gasteiger partial charge in [-0.15, -0.1) is 15.0 Å². The first-order valence-corrected chi connectivity index (χ1v) is 8.28. The van der Waals surface area contributed by atoms with Gasteiger partial charge in [-0.1, -0.05) is 19.1 Å². The van der Waals surface area contributed by atoms with Crippen molar-refractivity contribution >= 4 is 11.8 Å². The van der Waals surface area contributed by atoms with Gasteiger partial charge in [-0.05, 0) is 37.8 Å². The third kappa shape index (κ3) is 3.20. The third-order valence-corrected chi connectivity index (χ3v) is 4.26. The van der Waals surface area contributed by atoms with E-state index in [2.05, 4.69) is 17.1 Å². The van der Waals surface area contributed by atoms with E-state index in [-0.39, 0.29) is 5.69 Å². The molecule has 0 unspecified atom stereocenters. The summed E-state index contributed by atoms with van der Waals surface area (Å²) in [5.41, 5.74) is 0.620. The van der Waals surface area contributed by atoms with Crippen LogP contribution in [0.2, 0.25) is 0 Å². The molecule has 0 spiro atoms. The Bertz CT molecular complexity index is 720. The van der Waals surface area contributed by atoms with Crippen molar-refractivity contribution in [2.75, 3.05) is 24.6 Å². The maximum atomic E-state index is 11.6. The Morgan fingerprint density at radius 3 is 2.67 bits per heavy atom. The van der Waals surface area contributed by atoms with Gasteiger partial charge in [0.25, 0.3) is 0 Å². The number of benzene rings is 1. The average molecular weight is 330 g/mol. The summed E-state index contributed by atoms with van der Waals surface area (Å²) in [5, 5.41) is 18.2. The van der Waals surface area contributed by atoms with Crippen molar-refractivity contribution in [3.63, 3.8) is 0 Å². The quantitative estimate of drug-likeness (QED) is 0.907. The highest BCUT2D eigenvalue weighted by Gasteiger charge is 2.26. The van der Waals surface area contributed by atoms with E-state index in [0.717, 1.165) is 25.9 Å². The largest absolute Gasteiger partial charge is 0.492 e. The van der Waals surface area contributed by atoms with E-state index in [9.17, 15) is 9.90 Å². The molecule has 1 aliphatic rings. The lowest BCUT2D eigenvalue weighted by atomic mass is 9.99. The first-order chi connectivity index (χ1) is 11.6. The first-order valence-electron chi connectivity index (χ1n) is 8.28. The zero-order valence-electron chi connectivity index (χ0n) is 14.0. The van der Waals surface area contributed by atoms with E-state index in [1.165, 1.54) is 4.80 Å². The van der Waals surface area contributed by atoms with E-state index in [0.29, 0.717) is 29.8 Å². The number of carboxylic acids is 1. The molecule has 0 amide bonds. The van der Waals surface area contributed by atoms with Gasteiger partial charge in [0.2, 0.25) is 5.69 Å². The fraction of sp³-hybridized carbons (Fsp3) is 0.471. The molecule has 7 heteroatoms. The monoisotopic (exact) mass is 330 g/mol. The number of carboxylic acid groups (broad SMARTS) is 1. The normalized spacial score (nSPS) is 15.5. The highest BCUT2D eigenvalue weighted by atomic mass is 16.5. The third-order valence-electron chi connectivity index (χ3n) is 4.26. The second-order valence-corrected chi connectivity index (χ2v) is 6.04. The number of ether oxygens (including phenoxy) is 1. The summed E-state index contributed by atoms with van der Waals surface area (Å²) in [4.78, 5) is 15.0. The van der Waals surface area contributed by atoms with Crippen LogP contribution in [-0.4, -0.2) is 45.8 Å². The molecular formula is C17H22N4O3. The molecular weight excluding hydrogens is 308 g/mol. The molecule has 1 N–H and O–H groups in total. The van der Waals surface area contributed by atoms with E-state index in [4.69, 9.17) is 4.74 Å². The predicted octanol–water partition coefficient (Wildman–Crippen LogP) is 2.60. The molecule has 0 saturated carbocycles. The molecule has 2 aromatic rings. The molecule has 2 heterocycles. The SMILES string of the molecule is CCOc1ccccc1-n1nc(C(=O)O)c(N2CCC(C)CC2)n1. The molecule has 1 fully saturated rings. The van der Waals surface area contributed by atoms with Crippen LogP contribution >= 0.6 is 0 Å². The second kappa shape index (κ2) is 6.90. The first kappa shape index (κ1) is 16.3. The molecule has 1 aromatic carbocycles. The van der Waals surface area contributed by atoms with Gasteiger partial charge < -0.3 is 14.7 Å². The van der Waals surface area contributed by atoms with Crippen molar-refractivity contribution in [1.29, 1.82) is 0 Å². The highest BCUT2D eigenvalue weighted by molar-refractivity contribution is 5.91. The number of aromatic nitrogens is 3. The Kier molecular flexibility index (Phi) is 4.69. The van der Waals surface area contributed by atoms with Crippen LogP contribution < -0.4 is 9.64 Å². The van der Waals surface area contributed by atoms with Crippen molar-refractivity contribution < 1.29 is 14.6 Å². The van der Waals surface area contributed by atoms with Gasteiger partial charge in [-0.25, -0.2) is 4.79 Å². The molecule has 0 aliphatic carbocycles. The van der Waals surface area contributed by atoms with E-state index >= 15 is 0 Å². The van der Waals surface area contributed by atoms with Crippen molar-refractivity contribution in [3.05, 3.63) is 30.0 Å². The molecule has 3 rings (SSSR count). The Morgan fingerprint density at radius 1 is 1.29 bits per heavy atom.